The molecule has 0 aromatic rings. The number of nitrogens with zero attached hydrogens (tertiary/aromatic N) is 3. The molecule has 0 saturated carbocycles. The Morgan fingerprint density at radius 1 is 1.50 bits per heavy atom. The molecule has 0 aliphatic carbocycles. The molecule has 9 nitrogen and oxygen atoms in total. The second kappa shape index (κ2) is 6.44. The molecule has 2 N–H and O–H groups in total. The molecular formula is C11H18N4O5. The van der Waals surface area contributed by atoms with Crippen LogP contribution in [0.25, 0.3) is 10.4 Å². The van der Waals surface area contributed by atoms with Gasteiger partial charge in [0.1, 0.15) is 11.6 Å². The van der Waals surface area contributed by atoms with Gasteiger partial charge in [0.05, 0.1) is 19.3 Å². The van der Waals surface area contributed by atoms with Crippen LogP contribution in [0, 0.1) is 5.92 Å². The maximum atomic E-state index is 11.7. The summed E-state index contributed by atoms with van der Waals surface area (Å²) in [6, 6.07) is -1.86. The molecule has 1 aliphatic heterocycles. The molecule has 1 fully saturated rings. The maximum Gasteiger partial charge on any atom is 0.408 e. The van der Waals surface area contributed by atoms with E-state index in [9.17, 15) is 14.7 Å². The Kier molecular flexibility index (Phi) is 5.18. The summed E-state index contributed by atoms with van der Waals surface area (Å²) in [4.78, 5) is 25.6. The number of carbonyl (C=O) groups excluding carboxylic acids is 1. The van der Waals surface area contributed by atoms with E-state index in [0.717, 1.165) is 0 Å². The van der Waals surface area contributed by atoms with Gasteiger partial charge in [-0.3, -0.25) is 0 Å². The lowest BCUT2D eigenvalue weighted by Crippen LogP contribution is -2.50. The molecule has 0 radical (unpaired) electrons. The van der Waals surface area contributed by atoms with Crippen LogP contribution in [0.4, 0.5) is 4.79 Å². The summed E-state index contributed by atoms with van der Waals surface area (Å²) in [5.41, 5.74) is 7.71. The van der Waals surface area contributed by atoms with Gasteiger partial charge in [0, 0.05) is 10.8 Å². The standard InChI is InChI=1S/C11H18N4O5/c1-11(2,3)20-10(18)13-8(9(16)17)6-4-19-5-7(6)14-15-12/h6-8H,4-5H2,1-3H3,(H,13,18)(H,16,17)/t6-,7-,8?/m1/s1. The minimum atomic E-state index is -1.23. The molecule has 112 valence electrons. The van der Waals surface area contributed by atoms with Crippen LogP contribution in [0.1, 0.15) is 20.8 Å². The maximum absolute atomic E-state index is 11.7. The zero-order valence-electron chi connectivity index (χ0n) is 11.6. The van der Waals surface area contributed by atoms with Crippen molar-refractivity contribution in [3.63, 3.8) is 0 Å². The van der Waals surface area contributed by atoms with E-state index in [0.29, 0.717) is 0 Å². The molecule has 1 aliphatic rings. The first kappa shape index (κ1) is 16.1. The first-order valence-electron chi connectivity index (χ1n) is 6.09. The minimum absolute atomic E-state index is 0.0937. The van der Waals surface area contributed by atoms with Crippen LogP contribution in [0.2, 0.25) is 0 Å². The average molecular weight is 286 g/mol. The van der Waals surface area contributed by atoms with Gasteiger partial charge in [-0.05, 0) is 26.3 Å². The number of carbonyl (C=O) groups is 2. The topological polar surface area (TPSA) is 134 Å². The van der Waals surface area contributed by atoms with Crippen molar-refractivity contribution in [3.8, 4) is 0 Å². The molecule has 3 atom stereocenters. The van der Waals surface area contributed by atoms with Gasteiger partial charge < -0.3 is 19.9 Å². The summed E-state index contributed by atoms with van der Waals surface area (Å²) >= 11 is 0. The summed E-state index contributed by atoms with van der Waals surface area (Å²) < 4.78 is 10.1. The Morgan fingerprint density at radius 3 is 2.65 bits per heavy atom. The highest BCUT2D eigenvalue weighted by Crippen LogP contribution is 2.22. The zero-order chi connectivity index (χ0) is 15.3. The molecule has 1 unspecified atom stereocenters. The van der Waals surface area contributed by atoms with Crippen LogP contribution in [0.15, 0.2) is 5.11 Å². The van der Waals surface area contributed by atoms with Crippen LogP contribution in [-0.2, 0) is 14.3 Å². The van der Waals surface area contributed by atoms with E-state index >= 15 is 0 Å². The second-order valence-corrected chi connectivity index (χ2v) is 5.44. The van der Waals surface area contributed by atoms with Gasteiger partial charge in [0.15, 0.2) is 0 Å². The number of nitrogens with one attached hydrogen (secondary N) is 1. The first-order valence-corrected chi connectivity index (χ1v) is 6.09. The Balaban J connectivity index is 2.77. The Bertz CT molecular complexity index is 427. The molecule has 1 amide bonds. The highest BCUT2D eigenvalue weighted by atomic mass is 16.6. The zero-order valence-corrected chi connectivity index (χ0v) is 11.6. The molecule has 0 aromatic carbocycles. The third-order valence-electron chi connectivity index (χ3n) is 2.66. The van der Waals surface area contributed by atoms with Crippen molar-refractivity contribution in [2.24, 2.45) is 11.0 Å². The summed E-state index contributed by atoms with van der Waals surface area (Å²) in [6.45, 7) is 5.24. The van der Waals surface area contributed by atoms with Crippen molar-refractivity contribution in [3.05, 3.63) is 10.4 Å². The van der Waals surface area contributed by atoms with Crippen LogP contribution in [0.3, 0.4) is 0 Å². The lowest BCUT2D eigenvalue weighted by atomic mass is 9.95. The van der Waals surface area contributed by atoms with Gasteiger partial charge in [-0.1, -0.05) is 5.11 Å². The number of hydrogen-bond donors (Lipinski definition) is 2. The van der Waals surface area contributed by atoms with Gasteiger partial charge in [0.25, 0.3) is 0 Å². The molecular weight excluding hydrogens is 268 g/mol. The van der Waals surface area contributed by atoms with Gasteiger partial charge in [0.2, 0.25) is 0 Å². The summed E-state index contributed by atoms with van der Waals surface area (Å²) in [5.74, 6) is -1.86. The van der Waals surface area contributed by atoms with Crippen molar-refractivity contribution in [1.82, 2.24) is 5.32 Å². The van der Waals surface area contributed by atoms with E-state index in [1.165, 1.54) is 0 Å². The molecule has 20 heavy (non-hydrogen) atoms. The van der Waals surface area contributed by atoms with E-state index in [1.807, 2.05) is 0 Å². The van der Waals surface area contributed by atoms with Gasteiger partial charge >= 0.3 is 12.1 Å². The Morgan fingerprint density at radius 2 is 2.15 bits per heavy atom. The Hall–Kier alpha value is -1.99. The summed E-state index contributed by atoms with van der Waals surface area (Å²) in [6.07, 6.45) is -0.837. The number of hydrogen-bond acceptors (Lipinski definition) is 5. The smallest absolute Gasteiger partial charge is 0.408 e. The van der Waals surface area contributed by atoms with Crippen molar-refractivity contribution in [2.45, 2.75) is 38.5 Å². The summed E-state index contributed by atoms with van der Waals surface area (Å²) in [5, 5.41) is 15.0. The number of alkyl carbamates (subject to hydrolysis) is 1. The van der Waals surface area contributed by atoms with E-state index in [2.05, 4.69) is 15.3 Å². The Labute approximate surface area is 115 Å². The van der Waals surface area contributed by atoms with Crippen molar-refractivity contribution >= 4 is 12.1 Å². The van der Waals surface area contributed by atoms with Gasteiger partial charge in [-0.25, -0.2) is 9.59 Å². The number of carboxylic acids is 1. The molecule has 0 bridgehead atoms. The number of ether oxygens (including phenoxy) is 2. The predicted octanol–water partition coefficient (Wildman–Crippen LogP) is 1.29. The summed E-state index contributed by atoms with van der Waals surface area (Å²) in [7, 11) is 0. The third-order valence-corrected chi connectivity index (χ3v) is 2.66. The van der Waals surface area contributed by atoms with Crippen LogP contribution in [-0.4, -0.2) is 48.1 Å². The quantitative estimate of drug-likeness (QED) is 0.456. The van der Waals surface area contributed by atoms with Crippen LogP contribution >= 0.6 is 0 Å². The number of azide groups is 1. The fraction of sp³-hybridized carbons (Fsp3) is 0.818. The number of carboxylic acid groups (broad SMARTS) is 1. The monoisotopic (exact) mass is 286 g/mol. The second-order valence-electron chi connectivity index (χ2n) is 5.44. The largest absolute Gasteiger partial charge is 0.480 e. The number of amides is 1. The van der Waals surface area contributed by atoms with Crippen LogP contribution < -0.4 is 5.32 Å². The fourth-order valence-corrected chi connectivity index (χ4v) is 1.85. The average Bonchev–Trinajstić information content (AvgIpc) is 2.71. The SMILES string of the molecule is CC(C)(C)OC(=O)NC(C(=O)O)[C@@H]1COC[C@H]1N=[N+]=[N-]. The normalized spacial score (nSPS) is 23.6. The molecule has 9 heteroatoms. The van der Waals surface area contributed by atoms with Gasteiger partial charge in [-0.2, -0.15) is 0 Å². The molecule has 0 aromatic heterocycles. The molecule has 1 rings (SSSR count). The fourth-order valence-electron chi connectivity index (χ4n) is 1.85. The van der Waals surface area contributed by atoms with Crippen molar-refractivity contribution in [2.75, 3.05) is 13.2 Å². The third kappa shape index (κ3) is 4.60. The van der Waals surface area contributed by atoms with Gasteiger partial charge in [-0.15, -0.1) is 0 Å². The van der Waals surface area contributed by atoms with E-state index in [1.54, 1.807) is 20.8 Å². The lowest BCUT2D eigenvalue weighted by molar-refractivity contribution is -0.141. The molecule has 1 heterocycles. The number of aliphatic carboxylic acids is 1. The lowest BCUT2D eigenvalue weighted by Gasteiger charge is -2.25. The predicted molar refractivity (Wildman–Crippen MR) is 68.0 cm³/mol. The first-order chi connectivity index (χ1) is 9.24. The van der Waals surface area contributed by atoms with E-state index < -0.39 is 35.7 Å². The van der Waals surface area contributed by atoms with Crippen molar-refractivity contribution < 1.29 is 24.2 Å². The number of rotatable bonds is 4. The van der Waals surface area contributed by atoms with E-state index in [-0.39, 0.29) is 13.2 Å². The van der Waals surface area contributed by atoms with E-state index in [4.69, 9.17) is 15.0 Å². The highest BCUT2D eigenvalue weighted by molar-refractivity contribution is 5.80. The highest BCUT2D eigenvalue weighted by Gasteiger charge is 2.39. The molecule has 1 saturated heterocycles. The van der Waals surface area contributed by atoms with Crippen LogP contribution in [0.5, 0.6) is 0 Å². The van der Waals surface area contributed by atoms with Crippen molar-refractivity contribution in [1.29, 1.82) is 0 Å². The minimum Gasteiger partial charge on any atom is -0.480 e. The molecule has 0 spiro atoms.